The zero-order valence-corrected chi connectivity index (χ0v) is 17.1. The van der Waals surface area contributed by atoms with E-state index in [1.807, 2.05) is 18.2 Å². The molecule has 1 aromatic heterocycles. The van der Waals surface area contributed by atoms with E-state index in [0.717, 1.165) is 19.3 Å². The maximum absolute atomic E-state index is 13.0. The van der Waals surface area contributed by atoms with Crippen molar-refractivity contribution in [2.45, 2.75) is 49.5 Å². The molecule has 0 bridgehead atoms. The molecule has 7 nitrogen and oxygen atoms in total. The van der Waals surface area contributed by atoms with Crippen LogP contribution in [0.4, 0.5) is 0 Å². The number of aromatic nitrogens is 2. The van der Waals surface area contributed by atoms with Crippen molar-refractivity contribution in [3.05, 3.63) is 74.3 Å². The highest BCUT2D eigenvalue weighted by Crippen LogP contribution is 2.46. The molecular formula is C21H23N3O4S. The normalized spacial score (nSPS) is 21.8. The fraction of sp³-hybridized carbons (Fsp3) is 0.333. The number of H-pyrrole nitrogens is 2. The molecule has 4 rings (SSSR count). The van der Waals surface area contributed by atoms with Crippen LogP contribution in [-0.2, 0) is 15.4 Å². The van der Waals surface area contributed by atoms with Crippen LogP contribution >= 0.6 is 0 Å². The van der Waals surface area contributed by atoms with E-state index in [1.165, 1.54) is 11.6 Å². The van der Waals surface area contributed by atoms with Crippen molar-refractivity contribution in [2.24, 2.45) is 0 Å². The van der Waals surface area contributed by atoms with Crippen LogP contribution in [0.1, 0.15) is 37.3 Å². The van der Waals surface area contributed by atoms with Crippen molar-refractivity contribution in [1.82, 2.24) is 14.7 Å². The lowest BCUT2D eigenvalue weighted by Crippen LogP contribution is -2.52. The Labute approximate surface area is 168 Å². The van der Waals surface area contributed by atoms with Gasteiger partial charge in [-0.25, -0.2) is 13.1 Å². The average molecular weight is 413 g/mol. The average Bonchev–Trinajstić information content (AvgIpc) is 2.66. The van der Waals surface area contributed by atoms with Gasteiger partial charge in [-0.15, -0.1) is 0 Å². The molecule has 29 heavy (non-hydrogen) atoms. The summed E-state index contributed by atoms with van der Waals surface area (Å²) in [6.45, 7) is 3.79. The Morgan fingerprint density at radius 1 is 1.03 bits per heavy atom. The number of aryl methyl sites for hydroxylation is 1. The second kappa shape index (κ2) is 6.96. The van der Waals surface area contributed by atoms with E-state index in [-0.39, 0.29) is 21.9 Å². The second-order valence-electron chi connectivity index (χ2n) is 7.80. The SMILES string of the molecule is CCC1(c2ccccc2)CC(NS(=O)(=O)c2cc3[nH]c(=O)c(=O)[nH]c3cc2C)C1. The summed E-state index contributed by atoms with van der Waals surface area (Å²) >= 11 is 0. The third-order valence-corrected chi connectivity index (χ3v) is 7.63. The molecule has 1 aliphatic rings. The molecule has 2 aromatic carbocycles. The van der Waals surface area contributed by atoms with Gasteiger partial charge < -0.3 is 9.97 Å². The molecule has 0 amide bonds. The van der Waals surface area contributed by atoms with Crippen molar-refractivity contribution >= 4 is 21.1 Å². The molecule has 0 aliphatic heterocycles. The van der Waals surface area contributed by atoms with E-state index in [2.05, 4.69) is 33.7 Å². The van der Waals surface area contributed by atoms with Crippen LogP contribution < -0.4 is 15.8 Å². The number of hydrogen-bond acceptors (Lipinski definition) is 4. The van der Waals surface area contributed by atoms with Crippen molar-refractivity contribution in [1.29, 1.82) is 0 Å². The zero-order chi connectivity index (χ0) is 20.8. The van der Waals surface area contributed by atoms with Crippen molar-refractivity contribution in [2.75, 3.05) is 0 Å². The van der Waals surface area contributed by atoms with Crippen molar-refractivity contribution in [3.8, 4) is 0 Å². The predicted molar refractivity (Wildman–Crippen MR) is 112 cm³/mol. The zero-order valence-electron chi connectivity index (χ0n) is 16.3. The molecule has 3 N–H and O–H groups in total. The first-order valence-corrected chi connectivity index (χ1v) is 11.1. The summed E-state index contributed by atoms with van der Waals surface area (Å²) in [5.41, 5.74) is 0.824. The molecule has 0 atom stereocenters. The van der Waals surface area contributed by atoms with Crippen LogP contribution in [0.2, 0.25) is 0 Å². The van der Waals surface area contributed by atoms with Crippen LogP contribution in [0.15, 0.2) is 56.9 Å². The maximum atomic E-state index is 13.0. The first kappa shape index (κ1) is 19.6. The Balaban J connectivity index is 1.60. The molecule has 0 spiro atoms. The molecule has 8 heteroatoms. The lowest BCUT2D eigenvalue weighted by Gasteiger charge is -2.48. The lowest BCUT2D eigenvalue weighted by molar-refractivity contribution is 0.183. The summed E-state index contributed by atoms with van der Waals surface area (Å²) < 4.78 is 28.8. The van der Waals surface area contributed by atoms with Crippen LogP contribution in [0, 0.1) is 6.92 Å². The van der Waals surface area contributed by atoms with Crippen molar-refractivity contribution < 1.29 is 8.42 Å². The Hall–Kier alpha value is -2.71. The minimum Gasteiger partial charge on any atom is -0.316 e. The highest BCUT2D eigenvalue weighted by Gasteiger charge is 2.45. The highest BCUT2D eigenvalue weighted by molar-refractivity contribution is 7.89. The minimum absolute atomic E-state index is 0.00238. The number of nitrogens with one attached hydrogen (secondary N) is 3. The minimum atomic E-state index is -3.77. The Morgan fingerprint density at radius 2 is 1.62 bits per heavy atom. The van der Waals surface area contributed by atoms with E-state index in [1.54, 1.807) is 13.0 Å². The van der Waals surface area contributed by atoms with Gasteiger partial charge in [0.15, 0.2) is 0 Å². The van der Waals surface area contributed by atoms with E-state index >= 15 is 0 Å². The van der Waals surface area contributed by atoms with Crippen LogP contribution in [0.3, 0.4) is 0 Å². The second-order valence-corrected chi connectivity index (χ2v) is 9.48. The van der Waals surface area contributed by atoms with E-state index in [0.29, 0.717) is 11.1 Å². The number of sulfonamides is 1. The van der Waals surface area contributed by atoms with Gasteiger partial charge in [0.1, 0.15) is 0 Å². The molecule has 0 radical (unpaired) electrons. The molecule has 1 fully saturated rings. The third-order valence-electron chi connectivity index (χ3n) is 5.97. The summed E-state index contributed by atoms with van der Waals surface area (Å²) in [5, 5.41) is 0. The van der Waals surface area contributed by atoms with Gasteiger partial charge >= 0.3 is 11.1 Å². The molecule has 1 aliphatic carbocycles. The number of hydrogen-bond donors (Lipinski definition) is 3. The topological polar surface area (TPSA) is 112 Å². The quantitative estimate of drug-likeness (QED) is 0.557. The summed E-state index contributed by atoms with van der Waals surface area (Å²) in [4.78, 5) is 28.1. The third kappa shape index (κ3) is 3.42. The number of rotatable bonds is 5. The number of fused-ring (bicyclic) bond motifs is 1. The number of benzene rings is 2. The summed E-state index contributed by atoms with van der Waals surface area (Å²) in [6.07, 6.45) is 2.42. The smallest absolute Gasteiger partial charge is 0.314 e. The fourth-order valence-electron chi connectivity index (χ4n) is 4.31. The molecule has 3 aromatic rings. The monoisotopic (exact) mass is 413 g/mol. The summed E-state index contributed by atoms with van der Waals surface area (Å²) in [7, 11) is -3.77. The van der Waals surface area contributed by atoms with Crippen LogP contribution in [0.5, 0.6) is 0 Å². The van der Waals surface area contributed by atoms with Crippen LogP contribution in [0.25, 0.3) is 11.0 Å². The summed E-state index contributed by atoms with van der Waals surface area (Å²) in [5.74, 6) is 0. The molecule has 0 unspecified atom stereocenters. The van der Waals surface area contributed by atoms with Gasteiger partial charge in [0.2, 0.25) is 10.0 Å². The van der Waals surface area contributed by atoms with E-state index < -0.39 is 21.1 Å². The van der Waals surface area contributed by atoms with Crippen molar-refractivity contribution in [3.63, 3.8) is 0 Å². The Morgan fingerprint density at radius 3 is 2.21 bits per heavy atom. The molecular weight excluding hydrogens is 390 g/mol. The maximum Gasteiger partial charge on any atom is 0.314 e. The molecule has 152 valence electrons. The van der Waals surface area contributed by atoms with E-state index in [4.69, 9.17) is 0 Å². The van der Waals surface area contributed by atoms with Gasteiger partial charge in [0.05, 0.1) is 15.9 Å². The lowest BCUT2D eigenvalue weighted by atomic mass is 9.60. The number of aromatic amines is 2. The first-order chi connectivity index (χ1) is 13.7. The first-order valence-electron chi connectivity index (χ1n) is 9.59. The van der Waals surface area contributed by atoms with Gasteiger partial charge in [-0.05, 0) is 54.9 Å². The summed E-state index contributed by atoms with van der Waals surface area (Å²) in [6, 6.07) is 13.0. The Bertz CT molecular complexity index is 1290. The fourth-order valence-corrected chi connectivity index (χ4v) is 5.80. The van der Waals surface area contributed by atoms with Crippen LogP contribution in [-0.4, -0.2) is 24.4 Å². The van der Waals surface area contributed by atoms with Gasteiger partial charge in [-0.1, -0.05) is 37.3 Å². The van der Waals surface area contributed by atoms with E-state index in [9.17, 15) is 18.0 Å². The largest absolute Gasteiger partial charge is 0.316 e. The van der Waals surface area contributed by atoms with Gasteiger partial charge in [-0.2, -0.15) is 0 Å². The molecule has 1 heterocycles. The van der Waals surface area contributed by atoms with Gasteiger partial charge in [0, 0.05) is 6.04 Å². The standard InChI is InChI=1S/C21H23N3O4S/c1-3-21(14-7-5-4-6-8-14)11-15(12-21)24-29(27,28)18-10-17-16(9-13(18)2)22-19(25)20(26)23-17/h4-10,15,24H,3,11-12H2,1-2H3,(H,22,25)(H,23,26). The highest BCUT2D eigenvalue weighted by atomic mass is 32.2. The molecule has 0 saturated heterocycles. The predicted octanol–water partition coefficient (Wildman–Crippen LogP) is 2.31. The van der Waals surface area contributed by atoms with Gasteiger partial charge in [-0.3, -0.25) is 9.59 Å². The Kier molecular flexibility index (Phi) is 4.71. The van der Waals surface area contributed by atoms with Gasteiger partial charge in [0.25, 0.3) is 0 Å². The molecule has 1 saturated carbocycles.